The van der Waals surface area contributed by atoms with Crippen LogP contribution in [0.15, 0.2) is 23.3 Å². The first kappa shape index (κ1) is 42.0. The molecule has 0 bridgehead atoms. The number of rotatable bonds is 13. The average Bonchev–Trinajstić information content (AvgIpc) is 3.63. The van der Waals surface area contributed by atoms with E-state index in [1.165, 1.54) is 10.9 Å². The summed E-state index contributed by atoms with van der Waals surface area (Å²) in [5.41, 5.74) is 11.0. The quantitative estimate of drug-likeness (QED) is 0.0909. The number of carbonyl (C=O) groups is 1. The molecule has 304 valence electrons. The van der Waals surface area contributed by atoms with Crippen LogP contribution in [0.25, 0.3) is 11.2 Å². The van der Waals surface area contributed by atoms with Crippen LogP contribution in [0.1, 0.15) is 60.1 Å². The smallest absolute Gasteiger partial charge is 0.280 e. The number of aliphatic hydroxyl groups is 7. The number of hydrogen-bond donors (Lipinski definition) is 11. The van der Waals surface area contributed by atoms with Crippen molar-refractivity contribution in [2.75, 3.05) is 12.3 Å². The van der Waals surface area contributed by atoms with E-state index in [1.54, 1.807) is 26.8 Å². The molecule has 54 heavy (non-hydrogen) atoms. The number of amides is 1. The van der Waals surface area contributed by atoms with E-state index in [2.05, 4.69) is 20.3 Å². The average molecular weight is 770 g/mol. The van der Waals surface area contributed by atoms with Crippen molar-refractivity contribution in [3.63, 3.8) is 0 Å². The number of H-pyrrole nitrogens is 1. The maximum atomic E-state index is 14.0. The zero-order chi connectivity index (χ0) is 39.8. The van der Waals surface area contributed by atoms with Crippen molar-refractivity contribution in [3.8, 4) is 0 Å². The highest BCUT2D eigenvalue weighted by Gasteiger charge is 2.51. The molecular weight excluding hydrogens is 714 g/mol. The fourth-order valence-corrected chi connectivity index (χ4v) is 7.02. The van der Waals surface area contributed by atoms with Gasteiger partial charge in [-0.2, -0.15) is 4.98 Å². The zero-order valence-electron chi connectivity index (χ0n) is 30.9. The summed E-state index contributed by atoms with van der Waals surface area (Å²) in [6, 6.07) is -1.09. The maximum Gasteiger partial charge on any atom is 0.280 e. The van der Waals surface area contributed by atoms with Gasteiger partial charge >= 0.3 is 0 Å². The lowest BCUT2D eigenvalue weighted by atomic mass is 9.81. The van der Waals surface area contributed by atoms with Crippen molar-refractivity contribution in [1.29, 1.82) is 0 Å². The standard InChI is InChI=1S/C34H55N7O13/c1-13(2)6-7-16(52-32-26(46)22(35)24(44)15(5)51-32)8-19-21(18(43)10-34(50,54-19)9-17(42)14(3)4)29(48)37-11-20-25(45)27(47)31(53-20)41-12-38-23-28(41)39-33(36)40-30(23)49/h6-7,12-22,24-27,31-32,42-47,50H,8-11,35H2,1-5H3,(H,37,48)(H3,36,39,40,49)/b7-6+/t15?,16-,17+,18-,19-,20?,21+,22?,24?,25?,26?,27?,31?,32?,34+/m0/s1. The molecule has 20 nitrogen and oxygen atoms in total. The Morgan fingerprint density at radius 2 is 1.81 bits per heavy atom. The number of anilines is 1. The summed E-state index contributed by atoms with van der Waals surface area (Å²) in [6.07, 6.45) is -11.1. The molecule has 5 heterocycles. The molecule has 2 aromatic rings. The molecule has 15 atom stereocenters. The Kier molecular flexibility index (Phi) is 13.2. The van der Waals surface area contributed by atoms with Crippen LogP contribution in [0, 0.1) is 17.8 Å². The Labute approximate surface area is 311 Å². The molecule has 2 aromatic heterocycles. The van der Waals surface area contributed by atoms with Gasteiger partial charge in [-0.1, -0.05) is 39.8 Å². The molecule has 3 aliphatic heterocycles. The number of aromatic amines is 1. The first-order chi connectivity index (χ1) is 25.3. The van der Waals surface area contributed by atoms with E-state index in [0.29, 0.717) is 0 Å². The Hall–Kier alpha value is -3.12. The topological polar surface area (TPSA) is 323 Å². The van der Waals surface area contributed by atoms with E-state index in [9.17, 15) is 45.3 Å². The van der Waals surface area contributed by atoms with Gasteiger partial charge in [0.1, 0.15) is 24.4 Å². The highest BCUT2D eigenvalue weighted by Crippen LogP contribution is 2.39. The van der Waals surface area contributed by atoms with Gasteiger partial charge in [0.2, 0.25) is 11.9 Å². The molecule has 20 heteroatoms. The first-order valence-corrected chi connectivity index (χ1v) is 18.2. The fourth-order valence-electron chi connectivity index (χ4n) is 7.02. The lowest BCUT2D eigenvalue weighted by Crippen LogP contribution is -2.62. The maximum absolute atomic E-state index is 14.0. The van der Waals surface area contributed by atoms with Crippen LogP contribution in [0.2, 0.25) is 0 Å². The second-order valence-electron chi connectivity index (χ2n) is 15.3. The second kappa shape index (κ2) is 16.9. The highest BCUT2D eigenvalue weighted by atomic mass is 16.7. The number of imidazole rings is 1. The van der Waals surface area contributed by atoms with Crippen LogP contribution in [0.3, 0.4) is 0 Å². The van der Waals surface area contributed by atoms with Gasteiger partial charge in [-0.25, -0.2) is 4.98 Å². The molecule has 1 amide bonds. The highest BCUT2D eigenvalue weighted by molar-refractivity contribution is 5.80. The molecule has 3 fully saturated rings. The first-order valence-electron chi connectivity index (χ1n) is 18.2. The van der Waals surface area contributed by atoms with E-state index in [-0.39, 0.29) is 48.3 Å². The van der Waals surface area contributed by atoms with Gasteiger partial charge in [-0.05, 0) is 18.8 Å². The summed E-state index contributed by atoms with van der Waals surface area (Å²) in [4.78, 5) is 36.6. The summed E-state index contributed by atoms with van der Waals surface area (Å²) in [6.45, 7) is 8.56. The van der Waals surface area contributed by atoms with Gasteiger partial charge in [0, 0.05) is 25.8 Å². The minimum absolute atomic E-state index is 0.000342. The number of nitrogen functional groups attached to an aromatic ring is 1. The molecule has 0 saturated carbocycles. The minimum atomic E-state index is -2.05. The van der Waals surface area contributed by atoms with Crippen molar-refractivity contribution < 1.29 is 59.5 Å². The third-order valence-electron chi connectivity index (χ3n) is 10.2. The zero-order valence-corrected chi connectivity index (χ0v) is 30.9. The number of nitrogens with zero attached hydrogens (tertiary/aromatic N) is 3. The van der Waals surface area contributed by atoms with Gasteiger partial charge < -0.3 is 71.5 Å². The van der Waals surface area contributed by atoms with Gasteiger partial charge in [0.05, 0.1) is 54.9 Å². The Bertz CT molecular complexity index is 1670. The summed E-state index contributed by atoms with van der Waals surface area (Å²) in [7, 11) is 0. The number of allylic oxidation sites excluding steroid dienone is 1. The predicted molar refractivity (Wildman–Crippen MR) is 189 cm³/mol. The van der Waals surface area contributed by atoms with E-state index < -0.39 is 109 Å². The molecule has 0 aromatic carbocycles. The molecule has 5 rings (SSSR count). The summed E-state index contributed by atoms with van der Waals surface area (Å²) in [5, 5.41) is 79.2. The lowest BCUT2D eigenvalue weighted by molar-refractivity contribution is -0.307. The molecule has 13 N–H and O–H groups in total. The molecule has 0 aliphatic carbocycles. The van der Waals surface area contributed by atoms with Gasteiger partial charge in [0.25, 0.3) is 5.56 Å². The molecule has 3 saturated heterocycles. The lowest BCUT2D eigenvalue weighted by Gasteiger charge is -2.46. The van der Waals surface area contributed by atoms with Crippen LogP contribution in [0.5, 0.6) is 0 Å². The van der Waals surface area contributed by atoms with Crippen LogP contribution in [-0.4, -0.2) is 147 Å². The minimum Gasteiger partial charge on any atom is -0.393 e. The predicted octanol–water partition coefficient (Wildman–Crippen LogP) is -2.92. The van der Waals surface area contributed by atoms with E-state index in [0.717, 1.165) is 0 Å². The van der Waals surface area contributed by atoms with Crippen molar-refractivity contribution in [2.24, 2.45) is 23.5 Å². The molecule has 3 aliphatic rings. The Balaban J connectivity index is 1.36. The van der Waals surface area contributed by atoms with Crippen molar-refractivity contribution in [2.45, 2.75) is 139 Å². The molecule has 9 unspecified atom stereocenters. The van der Waals surface area contributed by atoms with E-state index >= 15 is 0 Å². The number of ether oxygens (including phenoxy) is 4. The largest absolute Gasteiger partial charge is 0.393 e. The monoisotopic (exact) mass is 769 g/mol. The summed E-state index contributed by atoms with van der Waals surface area (Å²) < 4.78 is 25.2. The Morgan fingerprint density at radius 3 is 2.48 bits per heavy atom. The van der Waals surface area contributed by atoms with E-state index in [4.69, 9.17) is 30.4 Å². The van der Waals surface area contributed by atoms with Crippen molar-refractivity contribution >= 4 is 23.0 Å². The number of nitrogens with one attached hydrogen (secondary N) is 2. The van der Waals surface area contributed by atoms with Crippen LogP contribution < -0.4 is 22.3 Å². The summed E-state index contributed by atoms with van der Waals surface area (Å²) in [5.74, 6) is -4.56. The molecule has 0 spiro atoms. The number of hydrogen-bond acceptors (Lipinski definition) is 17. The normalized spacial score (nSPS) is 37.4. The molecule has 0 radical (unpaired) electrons. The number of fused-ring (bicyclic) bond motifs is 1. The SMILES string of the molecule is CC(C)/C=C/[C@@H](C[C@@H]1O[C@](O)(C[C@@H](O)C(C)C)C[C@H](O)[C@H]1C(=O)NCC1OC(n2cnc3c(=O)[nH]c(N)nc32)C(O)C1O)OC1OC(C)C(O)C(N)C1O. The van der Waals surface area contributed by atoms with Crippen molar-refractivity contribution in [3.05, 3.63) is 28.8 Å². The van der Waals surface area contributed by atoms with E-state index in [1.807, 2.05) is 19.9 Å². The van der Waals surface area contributed by atoms with Gasteiger partial charge in [-0.3, -0.25) is 19.1 Å². The number of aromatic nitrogens is 4. The van der Waals surface area contributed by atoms with Crippen LogP contribution in [-0.2, 0) is 23.7 Å². The number of aliphatic hydroxyl groups excluding tert-OH is 6. The third-order valence-corrected chi connectivity index (χ3v) is 10.2. The van der Waals surface area contributed by atoms with Gasteiger partial charge in [-0.15, -0.1) is 0 Å². The van der Waals surface area contributed by atoms with Gasteiger partial charge in [0.15, 0.2) is 29.5 Å². The summed E-state index contributed by atoms with van der Waals surface area (Å²) >= 11 is 0. The third kappa shape index (κ3) is 9.11. The number of carbonyl (C=O) groups excluding carboxylic acids is 1. The second-order valence-corrected chi connectivity index (χ2v) is 15.3. The molecular formula is C34H55N7O13. The number of nitrogens with two attached hydrogens (primary N) is 2. The fraction of sp³-hybridized carbons (Fsp3) is 0.765. The van der Waals surface area contributed by atoms with Crippen LogP contribution >= 0.6 is 0 Å². The van der Waals surface area contributed by atoms with Crippen molar-refractivity contribution in [1.82, 2.24) is 24.8 Å². The van der Waals surface area contributed by atoms with Crippen LogP contribution in [0.4, 0.5) is 5.95 Å². The Morgan fingerprint density at radius 1 is 1.11 bits per heavy atom.